The van der Waals surface area contributed by atoms with Gasteiger partial charge >= 0.3 is 0 Å². The van der Waals surface area contributed by atoms with Gasteiger partial charge in [0, 0.05) is 103 Å². The molecule has 28 aromatic rings. The Kier molecular flexibility index (Phi) is 18.4. The third kappa shape index (κ3) is 12.6. The lowest BCUT2D eigenvalue weighted by molar-refractivity contribution is 0.660. The summed E-state index contributed by atoms with van der Waals surface area (Å²) in [5.41, 5.74) is 36.3. The van der Waals surface area contributed by atoms with Gasteiger partial charge in [-0.1, -0.05) is 384 Å². The summed E-state index contributed by atoms with van der Waals surface area (Å²) in [5.74, 6) is 0. The fraction of sp³-hybridized carbons (Fsp3) is 0.0444. The summed E-state index contributed by atoms with van der Waals surface area (Å²) in [6.07, 6.45) is 0. The third-order valence-corrected chi connectivity index (χ3v) is 30.5. The number of fused-ring (bicyclic) bond motifs is 33. The van der Waals surface area contributed by atoms with Crippen molar-refractivity contribution < 1.29 is 13.3 Å². The lowest BCUT2D eigenvalue weighted by Gasteiger charge is -2.34. The van der Waals surface area contributed by atoms with Crippen LogP contribution in [0.3, 0.4) is 0 Å². The van der Waals surface area contributed by atoms with Crippen LogP contribution in [0.1, 0.15) is 58.4 Å². The number of hydrogen-bond acceptors (Lipinski definition) is 6. The number of benzene rings is 22. The highest BCUT2D eigenvalue weighted by Crippen LogP contribution is 2.59. The molecule has 0 amide bonds. The number of furan rings is 3. The van der Waals surface area contributed by atoms with E-state index >= 15 is 0 Å². The Labute approximate surface area is 813 Å². The molecule has 0 fully saturated rings. The molecule has 2 aliphatic rings. The first-order valence-corrected chi connectivity index (χ1v) is 48.7. The average molecular weight is 1800 g/mol. The maximum Gasteiger partial charge on any atom is 0.143 e. The first kappa shape index (κ1) is 81.4. The summed E-state index contributed by atoms with van der Waals surface area (Å²) in [7, 11) is 0. The van der Waals surface area contributed by atoms with E-state index < -0.39 is 5.41 Å². The molecule has 0 bridgehead atoms. The van der Waals surface area contributed by atoms with Crippen LogP contribution in [0.5, 0.6) is 0 Å². The van der Waals surface area contributed by atoms with E-state index in [1.165, 1.54) is 159 Å². The van der Waals surface area contributed by atoms with Crippen molar-refractivity contribution in [3.8, 4) is 89.4 Å². The van der Waals surface area contributed by atoms with Crippen molar-refractivity contribution in [2.75, 3.05) is 0 Å². The molecule has 0 unspecified atom stereocenters. The molecule has 22 aromatic carbocycles. The lowest BCUT2D eigenvalue weighted by atomic mass is 9.67. The van der Waals surface area contributed by atoms with Crippen molar-refractivity contribution in [2.24, 2.45) is 0 Å². The second kappa shape index (κ2) is 31.8. The highest BCUT2D eigenvalue weighted by Gasteiger charge is 2.47. The van der Waals surface area contributed by atoms with Crippen molar-refractivity contribution in [1.29, 1.82) is 0 Å². The number of aromatic nitrogens is 3. The minimum absolute atomic E-state index is 0.168. The van der Waals surface area contributed by atoms with Crippen molar-refractivity contribution in [2.45, 2.75) is 38.5 Å². The summed E-state index contributed by atoms with van der Waals surface area (Å²) in [5, 5.41) is 25.2. The molecule has 0 N–H and O–H groups in total. The van der Waals surface area contributed by atoms with Gasteiger partial charge < -0.3 is 13.3 Å². The van der Waals surface area contributed by atoms with Crippen LogP contribution in [0.15, 0.2) is 468 Å². The maximum atomic E-state index is 6.58. The Balaban J connectivity index is 0.000000105. The first-order chi connectivity index (χ1) is 69.5. The van der Waals surface area contributed by atoms with Gasteiger partial charge in [-0.3, -0.25) is 0 Å². The Morgan fingerprint density at radius 3 is 0.830 bits per heavy atom. The number of rotatable bonds is 8. The Morgan fingerprint density at radius 1 is 0.177 bits per heavy atom. The largest absolute Gasteiger partial charge is 0.455 e. The maximum absolute atomic E-state index is 6.58. The minimum atomic E-state index is -0.583. The van der Waals surface area contributed by atoms with E-state index in [9.17, 15) is 0 Å². The van der Waals surface area contributed by atoms with Crippen LogP contribution in [-0.2, 0) is 10.8 Å². The van der Waals surface area contributed by atoms with E-state index in [0.717, 1.165) is 138 Å². The fourth-order valence-electron chi connectivity index (χ4n) is 23.9. The molecule has 6 nitrogen and oxygen atoms in total. The van der Waals surface area contributed by atoms with Crippen LogP contribution in [0.4, 0.5) is 0 Å². The number of pyridine rings is 3. The molecule has 660 valence electrons. The summed E-state index contributed by atoms with van der Waals surface area (Å²) in [6, 6.07) is 164. The van der Waals surface area contributed by atoms with Gasteiger partial charge in [0.25, 0.3) is 0 Å². The highest BCUT2D eigenvalue weighted by atomic mass is 16.3. The first-order valence-electron chi connectivity index (χ1n) is 48.7. The minimum Gasteiger partial charge on any atom is -0.455 e. The molecule has 0 saturated carbocycles. The van der Waals surface area contributed by atoms with E-state index in [1.807, 2.05) is 30.3 Å². The Morgan fingerprint density at radius 2 is 0.440 bits per heavy atom. The molecular formula is C135H87N3O3. The van der Waals surface area contributed by atoms with Gasteiger partial charge in [0.2, 0.25) is 0 Å². The molecule has 0 radical (unpaired) electrons. The molecule has 141 heavy (non-hydrogen) atoms. The third-order valence-electron chi connectivity index (χ3n) is 30.5. The standard InChI is InChI=1S/C54H33NO.C44H29NO.C37H25NO/c1-3-14-36(15-4-1)54(37-16-5-2-6-17-37)48-32-34(38-23-13-24-47-44-21-11-12-25-51(44)56-53(38)47)26-28-42(48)43-29-27-35(33-49(43)54)50-31-30-46-41-20-8-7-18-39(41)40-19-9-10-22-45(40)52(46)55-50;1-44(2)38-24-26(28-15-9-16-37-34-13-7-8-17-41(34)46-43(28)37)18-20-32(38)33-21-19-27(25-39(33)44)40-23-22-36-31-12-4-3-10-29(31)30-11-5-6-14-35(30)42(36)45-40;1-22-21-33(23(2)20-32(22)31-16-9-15-30-27-13-7-8-17-35(27)39-37(30)31)34-19-18-29-26-12-4-3-10-24(26)25-11-5-6-14-28(25)36(29)38-34/h1-33H;3-25H,1-2H3;3-21H,1-2H3. The normalized spacial score (nSPS) is 12.9. The second-order valence-corrected chi connectivity index (χ2v) is 38.5. The molecule has 2 aliphatic carbocycles. The Hall–Kier alpha value is -18.0. The summed E-state index contributed by atoms with van der Waals surface area (Å²) in [6.45, 7) is 9.06. The van der Waals surface area contributed by atoms with Gasteiger partial charge in [-0.05, 0) is 231 Å². The van der Waals surface area contributed by atoms with Crippen LogP contribution < -0.4 is 0 Å². The van der Waals surface area contributed by atoms with Crippen LogP contribution in [0.25, 0.3) is 253 Å². The second-order valence-electron chi connectivity index (χ2n) is 38.5. The zero-order valence-electron chi connectivity index (χ0n) is 77.9. The molecular weight excluding hydrogens is 1710 g/mol. The van der Waals surface area contributed by atoms with Crippen molar-refractivity contribution in [3.05, 3.63) is 499 Å². The predicted molar refractivity (Wildman–Crippen MR) is 589 cm³/mol. The topological polar surface area (TPSA) is 78.1 Å². The van der Waals surface area contributed by atoms with E-state index in [1.54, 1.807) is 0 Å². The van der Waals surface area contributed by atoms with E-state index in [0.29, 0.717) is 0 Å². The van der Waals surface area contributed by atoms with Gasteiger partial charge in [-0.15, -0.1) is 0 Å². The fourth-order valence-corrected chi connectivity index (χ4v) is 23.9. The van der Waals surface area contributed by atoms with E-state index in [-0.39, 0.29) is 5.41 Å². The van der Waals surface area contributed by atoms with Gasteiger partial charge in [-0.25, -0.2) is 15.0 Å². The van der Waals surface area contributed by atoms with Crippen LogP contribution in [-0.4, -0.2) is 15.0 Å². The molecule has 0 aliphatic heterocycles. The number of hydrogen-bond donors (Lipinski definition) is 0. The van der Waals surface area contributed by atoms with Gasteiger partial charge in [0.05, 0.1) is 39.0 Å². The van der Waals surface area contributed by atoms with E-state index in [2.05, 4.69) is 452 Å². The number of aryl methyl sites for hydroxylation is 2. The molecule has 6 heteroatoms. The predicted octanol–water partition coefficient (Wildman–Crippen LogP) is 36.6. The quantitative estimate of drug-likeness (QED) is 0.141. The smallest absolute Gasteiger partial charge is 0.143 e. The molecule has 30 rings (SSSR count). The Bertz CT molecular complexity index is 10000. The van der Waals surface area contributed by atoms with Gasteiger partial charge in [0.15, 0.2) is 0 Å². The summed E-state index contributed by atoms with van der Waals surface area (Å²) < 4.78 is 19.3. The molecule has 6 aromatic heterocycles. The lowest BCUT2D eigenvalue weighted by Crippen LogP contribution is -2.28. The zero-order valence-corrected chi connectivity index (χ0v) is 77.9. The molecule has 0 atom stereocenters. The summed E-state index contributed by atoms with van der Waals surface area (Å²) >= 11 is 0. The average Bonchev–Trinajstić information content (AvgIpc) is 1.56. The van der Waals surface area contributed by atoms with Gasteiger partial charge in [0.1, 0.15) is 33.5 Å². The monoisotopic (exact) mass is 1800 g/mol. The SMILES string of the molecule is CC1(C)c2cc(-c3ccc4c5ccccc5c5ccccc5c4n3)ccc2-c2ccc(-c3cccc4c3oc3ccccc34)cc21.Cc1cc(-c2cccc3c2oc2ccccc23)c(C)cc1-c1ccc2c3ccccc3c3ccccc3c2n1.c1ccc(C2(c3ccccc3)c3cc(-c4ccc5c6ccccc6c6ccccc6c5n4)ccc3-c3ccc(-c4cccc5c4oc4ccccc45)cc32)cc1. The van der Waals surface area contributed by atoms with Crippen molar-refractivity contribution >= 4 is 163 Å². The molecule has 0 spiro atoms. The highest BCUT2D eigenvalue weighted by molar-refractivity contribution is 6.27. The van der Waals surface area contributed by atoms with E-state index in [4.69, 9.17) is 28.2 Å². The van der Waals surface area contributed by atoms with Crippen molar-refractivity contribution in [1.82, 2.24) is 15.0 Å². The van der Waals surface area contributed by atoms with Crippen LogP contribution >= 0.6 is 0 Å². The van der Waals surface area contributed by atoms with Crippen LogP contribution in [0.2, 0.25) is 0 Å². The molecule has 6 heterocycles. The zero-order chi connectivity index (χ0) is 93.5. The van der Waals surface area contributed by atoms with Gasteiger partial charge in [-0.2, -0.15) is 0 Å². The number of para-hydroxylation sites is 6. The molecule has 0 saturated heterocycles. The van der Waals surface area contributed by atoms with Crippen molar-refractivity contribution in [3.63, 3.8) is 0 Å². The summed E-state index contributed by atoms with van der Waals surface area (Å²) in [4.78, 5) is 16.1. The van der Waals surface area contributed by atoms with Crippen LogP contribution in [0, 0.1) is 13.8 Å². The number of nitrogens with zero attached hydrogens (tertiary/aromatic N) is 3.